The highest BCUT2D eigenvalue weighted by atomic mass is 16.5. The molecule has 0 unspecified atom stereocenters. The number of rotatable bonds is 7. The second-order valence-corrected chi connectivity index (χ2v) is 7.39. The lowest BCUT2D eigenvalue weighted by molar-refractivity contribution is 0.0525. The summed E-state index contributed by atoms with van der Waals surface area (Å²) in [5.74, 6) is -0.193. The number of carbonyl (C=O) groups excluding carboxylic acids is 2. The molecule has 2 heterocycles. The highest BCUT2D eigenvalue weighted by molar-refractivity contribution is 6.02. The molecule has 3 rings (SSSR count). The average Bonchev–Trinajstić information content (AvgIpc) is 2.99. The van der Waals surface area contributed by atoms with Crippen LogP contribution in [0.2, 0.25) is 0 Å². The van der Waals surface area contributed by atoms with E-state index >= 15 is 0 Å². The van der Waals surface area contributed by atoms with Gasteiger partial charge in [0.2, 0.25) is 5.78 Å². The first-order valence-electron chi connectivity index (χ1n) is 9.83. The van der Waals surface area contributed by atoms with Crippen LogP contribution in [0.5, 0.6) is 5.75 Å². The number of ketones is 1. The molecule has 7 heteroatoms. The number of Topliss-reactive ketones (excluding diaryl/α,β-unsaturated/α-hetero) is 1. The van der Waals surface area contributed by atoms with Gasteiger partial charge >= 0.3 is 11.6 Å². The van der Waals surface area contributed by atoms with Crippen LogP contribution >= 0.6 is 0 Å². The lowest BCUT2D eigenvalue weighted by Gasteiger charge is -2.10. The van der Waals surface area contributed by atoms with Gasteiger partial charge in [-0.25, -0.2) is 9.59 Å². The van der Waals surface area contributed by atoms with Crippen LogP contribution in [-0.4, -0.2) is 30.0 Å². The van der Waals surface area contributed by atoms with E-state index in [0.29, 0.717) is 33.8 Å². The number of esters is 1. The van der Waals surface area contributed by atoms with Crippen molar-refractivity contribution < 1.29 is 23.5 Å². The molecule has 0 spiro atoms. The largest absolute Gasteiger partial charge is 0.485 e. The first kappa shape index (κ1) is 21.4. The van der Waals surface area contributed by atoms with Gasteiger partial charge in [-0.3, -0.25) is 4.79 Å². The fourth-order valence-electron chi connectivity index (χ4n) is 3.49. The first-order valence-corrected chi connectivity index (χ1v) is 9.83. The molecule has 0 aliphatic heterocycles. The molecule has 0 bridgehead atoms. The van der Waals surface area contributed by atoms with Gasteiger partial charge in [0.05, 0.1) is 17.9 Å². The Morgan fingerprint density at radius 2 is 1.90 bits per heavy atom. The summed E-state index contributed by atoms with van der Waals surface area (Å²) >= 11 is 0. The van der Waals surface area contributed by atoms with Gasteiger partial charge in [-0.05, 0) is 49.9 Å². The predicted octanol–water partition coefficient (Wildman–Crippen LogP) is 4.30. The normalized spacial score (nSPS) is 11.1. The van der Waals surface area contributed by atoms with E-state index in [4.69, 9.17) is 13.9 Å². The lowest BCUT2D eigenvalue weighted by atomic mass is 10.00. The number of H-pyrrole nitrogens is 1. The molecule has 30 heavy (non-hydrogen) atoms. The molecule has 1 N–H and O–H groups in total. The third-order valence-electron chi connectivity index (χ3n) is 4.94. The summed E-state index contributed by atoms with van der Waals surface area (Å²) in [4.78, 5) is 39.6. The highest BCUT2D eigenvalue weighted by Gasteiger charge is 2.23. The molecule has 0 atom stereocenters. The zero-order valence-electron chi connectivity index (χ0n) is 17.8. The van der Waals surface area contributed by atoms with Crippen molar-refractivity contribution >= 4 is 22.7 Å². The number of benzene rings is 1. The smallest absolute Gasteiger partial charge is 0.340 e. The van der Waals surface area contributed by atoms with Gasteiger partial charge in [0.15, 0.2) is 6.61 Å². The van der Waals surface area contributed by atoms with Crippen LogP contribution in [0, 0.1) is 13.8 Å². The zero-order valence-corrected chi connectivity index (χ0v) is 17.8. The Labute approximate surface area is 174 Å². The van der Waals surface area contributed by atoms with Crippen molar-refractivity contribution in [2.75, 3.05) is 13.2 Å². The number of hydrogen-bond acceptors (Lipinski definition) is 6. The van der Waals surface area contributed by atoms with Gasteiger partial charge in [0.1, 0.15) is 11.3 Å². The maximum absolute atomic E-state index is 12.7. The molecule has 0 radical (unpaired) electrons. The SMILES string of the molecule is CCOC(=O)c1c(C)[nH]c(C(=O)COc2ccc3c(C(C)C)cc(=O)oc3c2)c1C. The van der Waals surface area contributed by atoms with E-state index in [1.807, 2.05) is 19.9 Å². The van der Waals surface area contributed by atoms with Crippen LogP contribution in [-0.2, 0) is 4.74 Å². The Kier molecular flexibility index (Phi) is 6.10. The number of aromatic nitrogens is 1. The molecule has 0 saturated carbocycles. The molecule has 0 aliphatic carbocycles. The van der Waals surface area contributed by atoms with Gasteiger partial charge in [0, 0.05) is 23.2 Å². The zero-order chi connectivity index (χ0) is 22.0. The molecule has 0 aliphatic rings. The monoisotopic (exact) mass is 411 g/mol. The van der Waals surface area contributed by atoms with Gasteiger partial charge in [-0.15, -0.1) is 0 Å². The number of fused-ring (bicyclic) bond motifs is 1. The molecule has 0 saturated heterocycles. The van der Waals surface area contributed by atoms with Crippen LogP contribution in [0.3, 0.4) is 0 Å². The van der Waals surface area contributed by atoms with Gasteiger partial charge in [-0.2, -0.15) is 0 Å². The number of hydrogen-bond donors (Lipinski definition) is 1. The third kappa shape index (κ3) is 4.15. The summed E-state index contributed by atoms with van der Waals surface area (Å²) < 4.78 is 16.0. The van der Waals surface area contributed by atoms with Gasteiger partial charge < -0.3 is 18.9 Å². The number of aromatic amines is 1. The van der Waals surface area contributed by atoms with E-state index in [1.165, 1.54) is 6.07 Å². The van der Waals surface area contributed by atoms with Crippen molar-refractivity contribution in [2.45, 2.75) is 40.5 Å². The fourth-order valence-corrected chi connectivity index (χ4v) is 3.49. The first-order chi connectivity index (χ1) is 14.2. The molecule has 2 aromatic heterocycles. The molecule has 1 aromatic carbocycles. The van der Waals surface area contributed by atoms with E-state index in [9.17, 15) is 14.4 Å². The van der Waals surface area contributed by atoms with Crippen molar-refractivity contribution in [1.82, 2.24) is 4.98 Å². The molecule has 0 fully saturated rings. The Hall–Kier alpha value is -3.35. The van der Waals surface area contributed by atoms with Crippen molar-refractivity contribution in [1.29, 1.82) is 0 Å². The lowest BCUT2D eigenvalue weighted by Crippen LogP contribution is -2.14. The minimum Gasteiger partial charge on any atom is -0.485 e. The van der Waals surface area contributed by atoms with Crippen LogP contribution in [0.4, 0.5) is 0 Å². The van der Waals surface area contributed by atoms with Crippen LogP contribution < -0.4 is 10.4 Å². The topological polar surface area (TPSA) is 98.6 Å². The number of carbonyl (C=O) groups is 2. The maximum atomic E-state index is 12.7. The molecule has 3 aromatic rings. The van der Waals surface area contributed by atoms with Crippen LogP contribution in [0.15, 0.2) is 33.5 Å². The Balaban J connectivity index is 1.81. The van der Waals surface area contributed by atoms with Crippen molar-refractivity contribution in [3.8, 4) is 5.75 Å². The summed E-state index contributed by atoms with van der Waals surface area (Å²) in [6, 6.07) is 6.65. The Morgan fingerprint density at radius 1 is 1.17 bits per heavy atom. The van der Waals surface area contributed by atoms with E-state index in [0.717, 1.165) is 10.9 Å². The van der Waals surface area contributed by atoms with Crippen LogP contribution in [0.1, 0.15) is 64.4 Å². The Morgan fingerprint density at radius 3 is 2.57 bits per heavy atom. The molecular formula is C23H25NO6. The quantitative estimate of drug-likeness (QED) is 0.354. The summed E-state index contributed by atoms with van der Waals surface area (Å²) in [6.07, 6.45) is 0. The van der Waals surface area contributed by atoms with E-state index < -0.39 is 11.6 Å². The van der Waals surface area contributed by atoms with E-state index in [-0.39, 0.29) is 24.9 Å². The molecule has 7 nitrogen and oxygen atoms in total. The second-order valence-electron chi connectivity index (χ2n) is 7.39. The highest BCUT2D eigenvalue weighted by Crippen LogP contribution is 2.27. The standard InChI is InChI=1S/C23H25NO6/c1-6-28-23(27)21-13(4)22(24-14(21)5)18(25)11-29-15-7-8-16-17(12(2)3)10-20(26)30-19(16)9-15/h7-10,12,24H,6,11H2,1-5H3. The molecule has 158 valence electrons. The number of aryl methyl sites for hydroxylation is 1. The van der Waals surface area contributed by atoms with Crippen molar-refractivity contribution in [2.24, 2.45) is 0 Å². The summed E-state index contributed by atoms with van der Waals surface area (Å²) in [5.41, 5.74) is 2.66. The summed E-state index contributed by atoms with van der Waals surface area (Å²) in [5, 5.41) is 0.832. The molecular weight excluding hydrogens is 386 g/mol. The third-order valence-corrected chi connectivity index (χ3v) is 4.94. The number of nitrogens with one attached hydrogen (secondary N) is 1. The fraction of sp³-hybridized carbons (Fsp3) is 0.348. The summed E-state index contributed by atoms with van der Waals surface area (Å²) in [6.45, 7) is 9.17. The predicted molar refractivity (Wildman–Crippen MR) is 113 cm³/mol. The van der Waals surface area contributed by atoms with Crippen LogP contribution in [0.25, 0.3) is 11.0 Å². The summed E-state index contributed by atoms with van der Waals surface area (Å²) in [7, 11) is 0. The molecule has 0 amide bonds. The second kappa shape index (κ2) is 8.57. The number of ether oxygens (including phenoxy) is 2. The minimum atomic E-state index is -0.464. The van der Waals surface area contributed by atoms with E-state index in [2.05, 4.69) is 4.98 Å². The van der Waals surface area contributed by atoms with Gasteiger partial charge in [0.25, 0.3) is 0 Å². The van der Waals surface area contributed by atoms with Gasteiger partial charge in [-0.1, -0.05) is 13.8 Å². The average molecular weight is 411 g/mol. The Bertz CT molecular complexity index is 1170. The van der Waals surface area contributed by atoms with E-state index in [1.54, 1.807) is 32.9 Å². The van der Waals surface area contributed by atoms with Crippen molar-refractivity contribution in [3.05, 3.63) is 62.8 Å². The van der Waals surface area contributed by atoms with Crippen molar-refractivity contribution in [3.63, 3.8) is 0 Å². The maximum Gasteiger partial charge on any atom is 0.340 e. The minimum absolute atomic E-state index is 0.164.